The van der Waals surface area contributed by atoms with Crippen LogP contribution < -0.4 is 4.90 Å². The summed E-state index contributed by atoms with van der Waals surface area (Å²) in [5.41, 5.74) is 1.41. The van der Waals surface area contributed by atoms with Crippen LogP contribution in [-0.2, 0) is 4.74 Å². The van der Waals surface area contributed by atoms with E-state index in [-0.39, 0.29) is 5.60 Å². The summed E-state index contributed by atoms with van der Waals surface area (Å²) in [6.07, 6.45) is 5.15. The molecule has 2 saturated heterocycles. The normalized spacial score (nSPS) is 25.4. The zero-order valence-electron chi connectivity index (χ0n) is 11.9. The van der Waals surface area contributed by atoms with Gasteiger partial charge >= 0.3 is 0 Å². The molecule has 20 heavy (non-hydrogen) atoms. The van der Waals surface area contributed by atoms with E-state index in [4.69, 9.17) is 10.00 Å². The van der Waals surface area contributed by atoms with E-state index in [0.717, 1.165) is 45.4 Å². The maximum Gasteiger partial charge on any atom is 0.0716 e. The Morgan fingerprint density at radius 2 is 1.95 bits per heavy atom. The molecule has 3 nitrogen and oxygen atoms in total. The molecular weight excluding hydrogens is 248 g/mol. The third kappa shape index (κ3) is 2.81. The first-order valence-electron chi connectivity index (χ1n) is 7.62. The maximum absolute atomic E-state index is 8.77. The molecular formula is C17H22N2O. The largest absolute Gasteiger partial charge is 0.375 e. The molecule has 0 aliphatic carbocycles. The summed E-state index contributed by atoms with van der Waals surface area (Å²) < 4.78 is 6.18. The number of hydrogen-bond donors (Lipinski definition) is 0. The Morgan fingerprint density at radius 3 is 2.55 bits per heavy atom. The number of benzene rings is 1. The van der Waals surface area contributed by atoms with Crippen LogP contribution in [0.1, 0.15) is 32.1 Å². The van der Waals surface area contributed by atoms with Crippen molar-refractivity contribution in [3.8, 4) is 6.07 Å². The van der Waals surface area contributed by atoms with Gasteiger partial charge in [0.1, 0.15) is 0 Å². The third-order valence-electron chi connectivity index (χ3n) is 4.81. The van der Waals surface area contributed by atoms with Gasteiger partial charge in [-0.15, -0.1) is 0 Å². The van der Waals surface area contributed by atoms with Crippen molar-refractivity contribution in [3.63, 3.8) is 0 Å². The first-order valence-corrected chi connectivity index (χ1v) is 7.62. The van der Waals surface area contributed by atoms with Crippen molar-refractivity contribution in [2.45, 2.75) is 37.7 Å². The van der Waals surface area contributed by atoms with E-state index in [9.17, 15) is 0 Å². The minimum Gasteiger partial charge on any atom is -0.375 e. The van der Waals surface area contributed by atoms with Crippen molar-refractivity contribution in [1.82, 2.24) is 0 Å². The van der Waals surface area contributed by atoms with E-state index in [2.05, 4.69) is 41.3 Å². The Balaban J connectivity index is 1.55. The van der Waals surface area contributed by atoms with Gasteiger partial charge in [-0.25, -0.2) is 0 Å². The summed E-state index contributed by atoms with van der Waals surface area (Å²) in [6.45, 7) is 2.93. The van der Waals surface area contributed by atoms with Crippen LogP contribution in [0.25, 0.3) is 0 Å². The Hall–Kier alpha value is -1.53. The fourth-order valence-electron chi connectivity index (χ4n) is 3.41. The number of ether oxygens (including phenoxy) is 1. The van der Waals surface area contributed by atoms with Gasteiger partial charge in [0.2, 0.25) is 0 Å². The van der Waals surface area contributed by atoms with Crippen molar-refractivity contribution in [2.24, 2.45) is 5.92 Å². The Labute approximate surface area is 121 Å². The molecule has 1 spiro atoms. The Kier molecular flexibility index (Phi) is 3.93. The minimum absolute atomic E-state index is 0.0945. The van der Waals surface area contributed by atoms with Crippen LogP contribution in [0.5, 0.6) is 0 Å². The van der Waals surface area contributed by atoms with Crippen LogP contribution in [0.3, 0.4) is 0 Å². The van der Waals surface area contributed by atoms with Crippen LogP contribution in [0.2, 0.25) is 0 Å². The molecule has 0 amide bonds. The number of rotatable bonds is 2. The average Bonchev–Trinajstić information content (AvgIpc) is 2.52. The van der Waals surface area contributed by atoms with Crippen molar-refractivity contribution < 1.29 is 4.74 Å². The topological polar surface area (TPSA) is 36.3 Å². The Morgan fingerprint density at radius 1 is 1.20 bits per heavy atom. The molecule has 1 atom stereocenters. The molecule has 0 saturated carbocycles. The zero-order valence-corrected chi connectivity index (χ0v) is 11.9. The number of para-hydroxylation sites is 1. The zero-order chi connectivity index (χ0) is 13.8. The third-order valence-corrected chi connectivity index (χ3v) is 4.81. The number of hydrogen-bond acceptors (Lipinski definition) is 3. The molecule has 1 unspecified atom stereocenters. The summed E-state index contributed by atoms with van der Waals surface area (Å²) in [6, 6.07) is 12.9. The molecule has 2 aliphatic heterocycles. The maximum atomic E-state index is 8.77. The van der Waals surface area contributed by atoms with Crippen molar-refractivity contribution >= 4 is 5.69 Å². The SMILES string of the molecule is N#CCC1CCC2(CCN(c3ccccc3)CC2)OC1. The lowest BCUT2D eigenvalue weighted by molar-refractivity contribution is -0.112. The lowest BCUT2D eigenvalue weighted by Gasteiger charge is -2.46. The summed E-state index contributed by atoms with van der Waals surface area (Å²) in [7, 11) is 0. The van der Waals surface area contributed by atoms with Gasteiger partial charge in [-0.1, -0.05) is 18.2 Å². The van der Waals surface area contributed by atoms with Crippen LogP contribution in [0, 0.1) is 17.2 Å². The molecule has 106 valence electrons. The van der Waals surface area contributed by atoms with Crippen LogP contribution in [-0.4, -0.2) is 25.3 Å². The van der Waals surface area contributed by atoms with Crippen molar-refractivity contribution in [2.75, 3.05) is 24.6 Å². The minimum atomic E-state index is 0.0945. The molecule has 2 heterocycles. The highest BCUT2D eigenvalue weighted by molar-refractivity contribution is 5.46. The van der Waals surface area contributed by atoms with Crippen molar-refractivity contribution in [3.05, 3.63) is 30.3 Å². The predicted octanol–water partition coefficient (Wildman–Crippen LogP) is 3.37. The van der Waals surface area contributed by atoms with E-state index in [1.165, 1.54) is 5.69 Å². The van der Waals surface area contributed by atoms with Gasteiger partial charge in [0.05, 0.1) is 18.3 Å². The second-order valence-corrected chi connectivity index (χ2v) is 6.08. The highest BCUT2D eigenvalue weighted by atomic mass is 16.5. The molecule has 0 N–H and O–H groups in total. The second-order valence-electron chi connectivity index (χ2n) is 6.08. The smallest absolute Gasteiger partial charge is 0.0716 e. The highest BCUT2D eigenvalue weighted by Gasteiger charge is 2.39. The van der Waals surface area contributed by atoms with Gasteiger partial charge in [0, 0.05) is 25.2 Å². The van der Waals surface area contributed by atoms with Gasteiger partial charge < -0.3 is 9.64 Å². The molecule has 2 fully saturated rings. The lowest BCUT2D eigenvalue weighted by Crippen LogP contribution is -2.49. The number of anilines is 1. The fraction of sp³-hybridized carbons (Fsp3) is 0.588. The predicted molar refractivity (Wildman–Crippen MR) is 79.5 cm³/mol. The molecule has 2 aliphatic rings. The van der Waals surface area contributed by atoms with Gasteiger partial charge in [0.15, 0.2) is 0 Å². The molecule has 3 rings (SSSR count). The summed E-state index contributed by atoms with van der Waals surface area (Å²) in [5.74, 6) is 0.456. The van der Waals surface area contributed by atoms with E-state index >= 15 is 0 Å². The number of nitriles is 1. The number of nitrogens with zero attached hydrogens (tertiary/aromatic N) is 2. The van der Waals surface area contributed by atoms with Gasteiger partial charge in [-0.2, -0.15) is 5.26 Å². The second kappa shape index (κ2) is 5.85. The first-order chi connectivity index (χ1) is 9.81. The summed E-state index contributed by atoms with van der Waals surface area (Å²) in [4.78, 5) is 2.45. The van der Waals surface area contributed by atoms with E-state index in [1.807, 2.05) is 0 Å². The Bertz CT molecular complexity index is 462. The highest BCUT2D eigenvalue weighted by Crippen LogP contribution is 2.38. The van der Waals surface area contributed by atoms with Gasteiger partial charge in [-0.3, -0.25) is 0 Å². The number of piperidine rings is 1. The monoisotopic (exact) mass is 270 g/mol. The van der Waals surface area contributed by atoms with E-state index < -0.39 is 0 Å². The van der Waals surface area contributed by atoms with Crippen LogP contribution in [0.15, 0.2) is 30.3 Å². The summed E-state index contributed by atoms with van der Waals surface area (Å²) >= 11 is 0. The van der Waals surface area contributed by atoms with Crippen molar-refractivity contribution in [1.29, 1.82) is 5.26 Å². The fourth-order valence-corrected chi connectivity index (χ4v) is 3.41. The molecule has 0 bridgehead atoms. The van der Waals surface area contributed by atoms with Crippen LogP contribution >= 0.6 is 0 Å². The molecule has 3 heteroatoms. The molecule has 1 aromatic carbocycles. The lowest BCUT2D eigenvalue weighted by atomic mass is 9.81. The standard InChI is InChI=1S/C17H22N2O/c18-11-7-15-6-8-17(20-14-15)9-12-19(13-10-17)16-4-2-1-3-5-16/h1-5,15H,6-10,12-14H2. The van der Waals surface area contributed by atoms with Gasteiger partial charge in [-0.05, 0) is 43.7 Å². The van der Waals surface area contributed by atoms with Gasteiger partial charge in [0.25, 0.3) is 0 Å². The molecule has 0 radical (unpaired) electrons. The summed E-state index contributed by atoms with van der Waals surface area (Å²) in [5, 5.41) is 8.77. The molecule has 1 aromatic rings. The molecule has 0 aromatic heterocycles. The van der Waals surface area contributed by atoms with E-state index in [1.54, 1.807) is 0 Å². The van der Waals surface area contributed by atoms with E-state index in [0.29, 0.717) is 12.3 Å². The first kappa shape index (κ1) is 13.5. The quantitative estimate of drug-likeness (QED) is 0.826. The average molecular weight is 270 g/mol. The van der Waals surface area contributed by atoms with Crippen LogP contribution in [0.4, 0.5) is 5.69 Å².